The van der Waals surface area contributed by atoms with Gasteiger partial charge in [0.1, 0.15) is 22.0 Å². The predicted octanol–water partition coefficient (Wildman–Crippen LogP) is 3.84. The fourth-order valence-electron chi connectivity index (χ4n) is 2.42. The van der Waals surface area contributed by atoms with Crippen LogP contribution in [0.2, 0.25) is 0 Å². The quantitative estimate of drug-likeness (QED) is 0.405. The third-order valence-corrected chi connectivity index (χ3v) is 4.48. The zero-order chi connectivity index (χ0) is 18.0. The first kappa shape index (κ1) is 20.3. The van der Waals surface area contributed by atoms with Gasteiger partial charge < -0.3 is 9.84 Å². The molecule has 0 atom stereocenters. The number of hydrogen-bond acceptors (Lipinski definition) is 6. The van der Waals surface area contributed by atoms with E-state index in [0.717, 1.165) is 6.07 Å². The van der Waals surface area contributed by atoms with E-state index < -0.39 is 10.1 Å². The summed E-state index contributed by atoms with van der Waals surface area (Å²) in [5.41, 5.74) is 0.322. The number of hydrogen-bond donors (Lipinski definition) is 2. The van der Waals surface area contributed by atoms with Crippen molar-refractivity contribution in [2.24, 2.45) is 10.2 Å². The maximum atomic E-state index is 11.7. The molecule has 3 aromatic carbocycles. The smallest absolute Gasteiger partial charge is 0.295 e. The van der Waals surface area contributed by atoms with Crippen LogP contribution >= 0.6 is 0 Å². The number of aromatic hydroxyl groups is 1. The molecule has 26 heavy (non-hydrogen) atoms. The number of nitrogens with zero attached hydrogens (tertiary/aromatic N) is 2. The first-order chi connectivity index (χ1) is 11.9. The average molecular weight is 381 g/mol. The molecule has 1 radical (unpaired) electrons. The average Bonchev–Trinajstić information content (AvgIpc) is 2.60. The Bertz CT molecular complexity index is 1080. The molecule has 3 rings (SSSR count). The Hall–Kier alpha value is -1.97. The molecule has 0 aliphatic carbocycles. The summed E-state index contributed by atoms with van der Waals surface area (Å²) in [6.07, 6.45) is 0. The molecule has 0 spiro atoms. The van der Waals surface area contributed by atoms with Gasteiger partial charge in [-0.3, -0.25) is 4.55 Å². The minimum atomic E-state index is -4.50. The number of ether oxygens (including phenoxy) is 1. The SMILES string of the molecule is COc1ccccc1N=Nc1cc(S(=O)(=O)O)c2ccccc2c1O.[Na]. The summed E-state index contributed by atoms with van der Waals surface area (Å²) in [6, 6.07) is 14.2. The molecule has 0 aliphatic rings. The fraction of sp³-hybridized carbons (Fsp3) is 0.0588. The molecule has 0 amide bonds. The van der Waals surface area contributed by atoms with E-state index in [1.165, 1.54) is 19.2 Å². The molecule has 0 saturated carbocycles. The van der Waals surface area contributed by atoms with Crippen molar-refractivity contribution in [2.75, 3.05) is 7.11 Å². The van der Waals surface area contributed by atoms with Gasteiger partial charge in [0.25, 0.3) is 10.1 Å². The molecule has 0 aromatic heterocycles. The number of para-hydroxylation sites is 1. The van der Waals surface area contributed by atoms with Crippen LogP contribution in [0.25, 0.3) is 10.8 Å². The first-order valence-corrected chi connectivity index (χ1v) is 8.63. The summed E-state index contributed by atoms with van der Waals surface area (Å²) in [5, 5.41) is 18.7. The van der Waals surface area contributed by atoms with Crippen molar-refractivity contribution in [1.29, 1.82) is 0 Å². The molecule has 9 heteroatoms. The molecule has 0 unspecified atom stereocenters. The second-order valence-corrected chi connectivity index (χ2v) is 6.52. The number of azo groups is 1. The molecule has 3 aromatic rings. The van der Waals surface area contributed by atoms with Crippen LogP contribution in [0.4, 0.5) is 11.4 Å². The maximum absolute atomic E-state index is 11.7. The predicted molar refractivity (Wildman–Crippen MR) is 98.4 cm³/mol. The van der Waals surface area contributed by atoms with Crippen LogP contribution in [-0.4, -0.2) is 54.7 Å². The molecular formula is C17H14N2NaO5S. The summed E-state index contributed by atoms with van der Waals surface area (Å²) in [6.45, 7) is 0. The third-order valence-electron chi connectivity index (χ3n) is 3.59. The summed E-state index contributed by atoms with van der Waals surface area (Å²) in [7, 11) is -3.02. The van der Waals surface area contributed by atoms with Gasteiger partial charge in [0.2, 0.25) is 0 Å². The van der Waals surface area contributed by atoms with Crippen LogP contribution < -0.4 is 4.74 Å². The summed E-state index contributed by atoms with van der Waals surface area (Å²) in [5.74, 6) is 0.239. The van der Waals surface area contributed by atoms with Gasteiger partial charge in [-0.05, 0) is 18.2 Å². The minimum absolute atomic E-state index is 0. The molecule has 0 heterocycles. The number of phenols is 1. The van der Waals surface area contributed by atoms with E-state index in [1.54, 1.807) is 36.4 Å². The van der Waals surface area contributed by atoms with Gasteiger partial charge in [-0.15, -0.1) is 10.2 Å². The Morgan fingerprint density at radius 2 is 1.50 bits per heavy atom. The molecule has 0 aliphatic heterocycles. The van der Waals surface area contributed by atoms with Crippen molar-refractivity contribution < 1.29 is 22.8 Å². The Morgan fingerprint density at radius 1 is 0.923 bits per heavy atom. The number of rotatable bonds is 4. The summed E-state index contributed by atoms with van der Waals surface area (Å²) in [4.78, 5) is -0.352. The zero-order valence-electron chi connectivity index (χ0n) is 14.1. The van der Waals surface area contributed by atoms with E-state index in [0.29, 0.717) is 11.4 Å². The molecule has 7 nitrogen and oxygen atoms in total. The number of fused-ring (bicyclic) bond motifs is 1. The molecule has 129 valence electrons. The Balaban J connectivity index is 0.00000243. The maximum Gasteiger partial charge on any atom is 0.295 e. The second-order valence-electron chi connectivity index (χ2n) is 5.13. The molecule has 0 fully saturated rings. The van der Waals surface area contributed by atoms with Gasteiger partial charge in [0.05, 0.1) is 7.11 Å². The monoisotopic (exact) mass is 381 g/mol. The van der Waals surface area contributed by atoms with E-state index in [9.17, 15) is 18.1 Å². The van der Waals surface area contributed by atoms with Crippen molar-refractivity contribution in [2.45, 2.75) is 4.90 Å². The van der Waals surface area contributed by atoms with Crippen molar-refractivity contribution in [1.82, 2.24) is 0 Å². The van der Waals surface area contributed by atoms with Crippen LogP contribution in [0.15, 0.2) is 69.7 Å². The fourth-order valence-corrected chi connectivity index (χ4v) is 3.14. The van der Waals surface area contributed by atoms with Crippen molar-refractivity contribution >= 4 is 61.8 Å². The number of methoxy groups -OCH3 is 1. The largest absolute Gasteiger partial charge is 0.505 e. The van der Waals surface area contributed by atoms with Crippen LogP contribution in [-0.2, 0) is 10.1 Å². The summed E-state index contributed by atoms with van der Waals surface area (Å²) < 4.78 is 38.0. The minimum Gasteiger partial charge on any atom is -0.505 e. The van der Waals surface area contributed by atoms with Crippen LogP contribution in [0, 0.1) is 0 Å². The molecule has 2 N–H and O–H groups in total. The van der Waals surface area contributed by atoms with Crippen molar-refractivity contribution in [3.63, 3.8) is 0 Å². The van der Waals surface area contributed by atoms with Crippen LogP contribution in [0.5, 0.6) is 11.5 Å². The van der Waals surface area contributed by atoms with Gasteiger partial charge >= 0.3 is 0 Å². The zero-order valence-corrected chi connectivity index (χ0v) is 16.9. The van der Waals surface area contributed by atoms with E-state index in [1.807, 2.05) is 0 Å². The van der Waals surface area contributed by atoms with E-state index in [4.69, 9.17) is 4.74 Å². The van der Waals surface area contributed by atoms with Gasteiger partial charge in [-0.25, -0.2) is 0 Å². The van der Waals surface area contributed by atoms with Crippen molar-refractivity contribution in [3.05, 3.63) is 54.6 Å². The van der Waals surface area contributed by atoms with Gasteiger partial charge in [-0.2, -0.15) is 8.42 Å². The van der Waals surface area contributed by atoms with E-state index >= 15 is 0 Å². The van der Waals surface area contributed by atoms with Gasteiger partial charge in [-0.1, -0.05) is 36.4 Å². The first-order valence-electron chi connectivity index (χ1n) is 7.19. The number of benzene rings is 3. The van der Waals surface area contributed by atoms with E-state index in [-0.39, 0.29) is 56.7 Å². The van der Waals surface area contributed by atoms with E-state index in [2.05, 4.69) is 10.2 Å². The third kappa shape index (κ3) is 4.05. The second kappa shape index (κ2) is 8.15. The summed E-state index contributed by atoms with van der Waals surface area (Å²) >= 11 is 0. The molecule has 0 bridgehead atoms. The van der Waals surface area contributed by atoms with Gasteiger partial charge in [0, 0.05) is 40.3 Å². The molecule has 0 saturated heterocycles. The number of phenolic OH excluding ortho intramolecular Hbond substituents is 1. The Kier molecular flexibility index (Phi) is 6.38. The Labute approximate surface area is 172 Å². The van der Waals surface area contributed by atoms with Gasteiger partial charge in [0.15, 0.2) is 5.75 Å². The normalized spacial score (nSPS) is 11.5. The van der Waals surface area contributed by atoms with Crippen LogP contribution in [0.3, 0.4) is 0 Å². The Morgan fingerprint density at radius 3 is 2.15 bits per heavy atom. The topological polar surface area (TPSA) is 109 Å². The molecular weight excluding hydrogens is 367 g/mol. The van der Waals surface area contributed by atoms with Crippen LogP contribution in [0.1, 0.15) is 0 Å². The standard InChI is InChI=1S/C17H14N2O5S.Na/c1-24-15-9-5-4-8-13(15)18-19-14-10-16(25(21,22)23)11-6-2-3-7-12(11)17(14)20;/h2-10,20H,1H3,(H,21,22,23);. The van der Waals surface area contributed by atoms with Crippen molar-refractivity contribution in [3.8, 4) is 11.5 Å².